The Labute approximate surface area is 244 Å². The van der Waals surface area contributed by atoms with Crippen molar-refractivity contribution in [3.05, 3.63) is 63.2 Å². The van der Waals surface area contributed by atoms with Crippen LogP contribution in [0.4, 0.5) is 5.13 Å². The number of carboxylic acid groups (broad SMARTS) is 1. The van der Waals surface area contributed by atoms with Crippen LogP contribution in [-0.4, -0.2) is 71.6 Å². The van der Waals surface area contributed by atoms with Gasteiger partial charge in [-0.15, -0.1) is 33.3 Å². The average Bonchev–Trinajstić information content (AvgIpc) is 3.64. The number of thioether (sulfide) groups is 2. The monoisotopic (exact) mass is 618 g/mol. The van der Waals surface area contributed by atoms with E-state index in [9.17, 15) is 19.5 Å². The lowest BCUT2D eigenvalue weighted by Gasteiger charge is -2.49. The van der Waals surface area contributed by atoms with Crippen LogP contribution in [0.1, 0.15) is 16.8 Å². The Morgan fingerprint density at radius 3 is 2.67 bits per heavy atom. The molecule has 3 aromatic rings. The maximum Gasteiger partial charge on any atom is 0.352 e. The minimum Gasteiger partial charge on any atom is -0.477 e. The molecule has 0 radical (unpaired) electrons. The van der Waals surface area contributed by atoms with Crippen molar-refractivity contribution in [1.29, 1.82) is 0 Å². The lowest BCUT2D eigenvalue weighted by Crippen LogP contribution is -2.71. The number of nitrogen functional groups attached to an aromatic ring is 1. The molecule has 0 aliphatic carbocycles. The number of nitrogens with zero attached hydrogens (tertiary/aromatic N) is 5. The van der Waals surface area contributed by atoms with E-state index in [1.54, 1.807) is 10.9 Å². The summed E-state index contributed by atoms with van der Waals surface area (Å²) in [7, 11) is 0. The number of carbonyl (C=O) groups is 3. The van der Waals surface area contributed by atoms with Gasteiger partial charge in [0.15, 0.2) is 15.2 Å². The van der Waals surface area contributed by atoms with Crippen molar-refractivity contribution in [2.45, 2.75) is 28.9 Å². The molecule has 0 saturated carbocycles. The minimum absolute atomic E-state index is 0.0681. The third kappa shape index (κ3) is 5.97. The molecular weight excluding hydrogens is 597 g/mol. The fraction of sp³-hybridized carbons (Fsp3) is 0.261. The van der Waals surface area contributed by atoms with Crippen LogP contribution in [0.25, 0.3) is 0 Å². The van der Waals surface area contributed by atoms with E-state index in [2.05, 4.69) is 25.7 Å². The van der Waals surface area contributed by atoms with E-state index >= 15 is 0 Å². The van der Waals surface area contributed by atoms with Gasteiger partial charge >= 0.3 is 5.97 Å². The lowest BCUT2D eigenvalue weighted by molar-refractivity contribution is -0.150. The van der Waals surface area contributed by atoms with Gasteiger partial charge in [0.2, 0.25) is 0 Å². The summed E-state index contributed by atoms with van der Waals surface area (Å²) >= 11 is 5.21. The number of aliphatic carboxylic acids is 1. The van der Waals surface area contributed by atoms with Crippen molar-refractivity contribution >= 4 is 74.8 Å². The molecule has 6 N–H and O–H groups in total. The molecule has 2 atom stereocenters. The van der Waals surface area contributed by atoms with Gasteiger partial charge in [0.05, 0.1) is 0 Å². The number of carbonyl (C=O) groups excluding carboxylic acids is 2. The van der Waals surface area contributed by atoms with Gasteiger partial charge in [0.25, 0.3) is 11.8 Å². The normalized spacial score (nSPS) is 18.8. The first kappa shape index (κ1) is 28.0. The third-order valence-corrected chi connectivity index (χ3v) is 9.83. The molecule has 5 rings (SSSR count). The highest BCUT2D eigenvalue weighted by molar-refractivity contribution is 8.01. The van der Waals surface area contributed by atoms with Crippen LogP contribution in [0.3, 0.4) is 0 Å². The second kappa shape index (κ2) is 12.3. The van der Waals surface area contributed by atoms with Gasteiger partial charge in [-0.25, -0.2) is 9.78 Å². The van der Waals surface area contributed by atoms with Gasteiger partial charge < -0.3 is 26.7 Å². The maximum absolute atomic E-state index is 13.3. The number of thiazole rings is 1. The molecule has 2 amide bonds. The van der Waals surface area contributed by atoms with E-state index in [-0.39, 0.29) is 28.8 Å². The number of anilines is 1. The van der Waals surface area contributed by atoms with E-state index in [0.29, 0.717) is 28.0 Å². The molecule has 1 saturated heterocycles. The van der Waals surface area contributed by atoms with Gasteiger partial charge in [-0.05, 0) is 16.7 Å². The van der Waals surface area contributed by atoms with Crippen molar-refractivity contribution in [3.63, 3.8) is 0 Å². The molecule has 2 aromatic heterocycles. The molecule has 1 unspecified atom stereocenters. The fourth-order valence-corrected chi connectivity index (χ4v) is 7.44. The summed E-state index contributed by atoms with van der Waals surface area (Å²) in [6.07, 6.45) is 0. The van der Waals surface area contributed by atoms with Crippen LogP contribution in [0.15, 0.2) is 55.9 Å². The predicted octanol–water partition coefficient (Wildman–Crippen LogP) is 1.49. The standard InChI is InChI=1S/C23H22N8O5S4/c24-5-11-1-3-12(4-2-11)6-36-30-15(14-9-38-22(25)27-14)18(32)28-16-19(33)31-17(21(34)35)13(7-37-20(16)31)8-39-23-29-26-10-40-23/h1-4,9-10,16,20H,5-8,24H2,(H2,25,27)(H,28,32)(H,34,35)/b30-15+/t16?,20-/m1/s1. The number of β-lactam (4-membered cyclic amide) rings is 1. The Kier molecular flexibility index (Phi) is 8.65. The number of nitrogens with one attached hydrogen (secondary N) is 1. The zero-order chi connectivity index (χ0) is 28.2. The van der Waals surface area contributed by atoms with Crippen molar-refractivity contribution < 1.29 is 24.3 Å². The van der Waals surface area contributed by atoms with Gasteiger partial charge in [-0.2, -0.15) is 0 Å². The fourth-order valence-electron chi connectivity index (χ4n) is 3.92. The number of oxime groups is 1. The number of hydrogen-bond acceptors (Lipinski definition) is 14. The number of nitrogens with two attached hydrogens (primary N) is 2. The predicted molar refractivity (Wildman–Crippen MR) is 153 cm³/mol. The van der Waals surface area contributed by atoms with Gasteiger partial charge in [0.1, 0.15) is 34.9 Å². The first-order valence-corrected chi connectivity index (χ1v) is 15.4. The SMILES string of the molecule is NCc1ccc(CO/N=C(/C(=O)NC2C(=O)N3C(C(=O)O)=C(CSc4nncs4)CS[C@H]23)c2csc(N)n2)cc1. The van der Waals surface area contributed by atoms with E-state index in [1.165, 1.54) is 39.8 Å². The first-order valence-electron chi connectivity index (χ1n) is 11.6. The molecule has 208 valence electrons. The summed E-state index contributed by atoms with van der Waals surface area (Å²) in [5.41, 5.74) is 15.3. The highest BCUT2D eigenvalue weighted by atomic mass is 32.2. The van der Waals surface area contributed by atoms with E-state index in [1.807, 2.05) is 24.3 Å². The summed E-state index contributed by atoms with van der Waals surface area (Å²) in [6.45, 7) is 0.500. The molecule has 13 nitrogen and oxygen atoms in total. The highest BCUT2D eigenvalue weighted by Gasteiger charge is 2.54. The highest BCUT2D eigenvalue weighted by Crippen LogP contribution is 2.41. The lowest BCUT2D eigenvalue weighted by atomic mass is 10.0. The van der Waals surface area contributed by atoms with Crippen LogP contribution in [0, 0.1) is 0 Å². The Morgan fingerprint density at radius 2 is 2.02 bits per heavy atom. The summed E-state index contributed by atoms with van der Waals surface area (Å²) in [4.78, 5) is 49.3. The first-order chi connectivity index (χ1) is 19.4. The zero-order valence-corrected chi connectivity index (χ0v) is 23.8. The molecule has 1 fully saturated rings. The molecule has 4 heterocycles. The summed E-state index contributed by atoms with van der Waals surface area (Å²) in [6, 6.07) is 6.47. The van der Waals surface area contributed by atoms with E-state index < -0.39 is 29.2 Å². The molecule has 2 aliphatic heterocycles. The Hall–Kier alpha value is -3.51. The molecule has 0 bridgehead atoms. The van der Waals surface area contributed by atoms with Gasteiger partial charge in [0, 0.05) is 23.4 Å². The number of hydrogen-bond donors (Lipinski definition) is 4. The summed E-state index contributed by atoms with van der Waals surface area (Å²) in [5, 5.41) is 25.5. The average molecular weight is 619 g/mol. The molecule has 0 spiro atoms. The molecular formula is C23H22N8O5S4. The number of amides is 2. The number of carboxylic acids is 1. The Balaban J connectivity index is 1.29. The summed E-state index contributed by atoms with van der Waals surface area (Å²) < 4.78 is 0.703. The molecule has 2 aliphatic rings. The number of aromatic nitrogens is 3. The molecule has 40 heavy (non-hydrogen) atoms. The van der Waals surface area contributed by atoms with Crippen molar-refractivity contribution in [1.82, 2.24) is 25.4 Å². The Bertz CT molecular complexity index is 1470. The Morgan fingerprint density at radius 1 is 1.25 bits per heavy atom. The summed E-state index contributed by atoms with van der Waals surface area (Å²) in [5.74, 6) is -1.69. The van der Waals surface area contributed by atoms with E-state index in [0.717, 1.165) is 22.5 Å². The van der Waals surface area contributed by atoms with Gasteiger partial charge in [-0.3, -0.25) is 14.5 Å². The largest absolute Gasteiger partial charge is 0.477 e. The second-order valence-electron chi connectivity index (χ2n) is 8.42. The van der Waals surface area contributed by atoms with Gasteiger partial charge in [-0.1, -0.05) is 52.5 Å². The quantitative estimate of drug-likeness (QED) is 0.105. The minimum atomic E-state index is -1.20. The molecule has 17 heteroatoms. The van der Waals surface area contributed by atoms with Crippen molar-refractivity contribution in [2.75, 3.05) is 17.2 Å². The van der Waals surface area contributed by atoms with Crippen LogP contribution in [-0.2, 0) is 32.4 Å². The van der Waals surface area contributed by atoms with Crippen LogP contribution < -0.4 is 16.8 Å². The second-order valence-corrected chi connectivity index (χ2v) is 12.5. The number of benzene rings is 1. The zero-order valence-electron chi connectivity index (χ0n) is 20.6. The smallest absolute Gasteiger partial charge is 0.352 e. The maximum atomic E-state index is 13.3. The van der Waals surface area contributed by atoms with Crippen molar-refractivity contribution in [3.8, 4) is 0 Å². The van der Waals surface area contributed by atoms with Crippen LogP contribution in [0.5, 0.6) is 0 Å². The van der Waals surface area contributed by atoms with Crippen molar-refractivity contribution in [2.24, 2.45) is 10.9 Å². The van der Waals surface area contributed by atoms with E-state index in [4.69, 9.17) is 16.3 Å². The molecule has 1 aromatic carbocycles. The number of fused-ring (bicyclic) bond motifs is 1. The van der Waals surface area contributed by atoms with Crippen LogP contribution >= 0.6 is 46.2 Å². The third-order valence-electron chi connectivity index (χ3n) is 5.87. The topological polar surface area (TPSA) is 199 Å². The van der Waals surface area contributed by atoms with Crippen LogP contribution in [0.2, 0.25) is 0 Å². The number of rotatable bonds is 11.